The van der Waals surface area contributed by atoms with Crippen molar-refractivity contribution in [2.45, 2.75) is 70.4 Å². The second kappa shape index (κ2) is 9.76. The van der Waals surface area contributed by atoms with Crippen LogP contribution in [0.15, 0.2) is 0 Å². The first-order valence-corrected chi connectivity index (χ1v) is 7.78. The molecule has 1 fully saturated rings. The van der Waals surface area contributed by atoms with Crippen molar-refractivity contribution in [2.24, 2.45) is 5.73 Å². The van der Waals surface area contributed by atoms with E-state index in [0.29, 0.717) is 12.1 Å². The molecule has 3 heteroatoms. The zero-order chi connectivity index (χ0) is 13.2. The quantitative estimate of drug-likeness (QED) is 0.645. The molecule has 0 aromatic heterocycles. The second-order valence-corrected chi connectivity index (χ2v) is 5.58. The lowest BCUT2D eigenvalue weighted by molar-refractivity contribution is 0.0128. The highest BCUT2D eigenvalue weighted by molar-refractivity contribution is 4.82. The van der Waals surface area contributed by atoms with Gasteiger partial charge in [0.1, 0.15) is 0 Å². The fourth-order valence-corrected chi connectivity index (χ4v) is 2.91. The predicted molar refractivity (Wildman–Crippen MR) is 77.8 cm³/mol. The molecule has 0 aliphatic carbocycles. The van der Waals surface area contributed by atoms with Gasteiger partial charge in [-0.2, -0.15) is 0 Å². The minimum Gasteiger partial charge on any atom is -0.381 e. The van der Waals surface area contributed by atoms with Gasteiger partial charge in [-0.05, 0) is 25.8 Å². The summed E-state index contributed by atoms with van der Waals surface area (Å²) in [6, 6.07) is 0.541. The van der Waals surface area contributed by atoms with Crippen molar-refractivity contribution in [3.63, 3.8) is 0 Å². The topological polar surface area (TPSA) is 38.5 Å². The van der Waals surface area contributed by atoms with E-state index in [1.807, 2.05) is 7.11 Å². The van der Waals surface area contributed by atoms with E-state index in [4.69, 9.17) is 10.5 Å². The first kappa shape index (κ1) is 15.9. The zero-order valence-electron chi connectivity index (χ0n) is 12.4. The van der Waals surface area contributed by atoms with Gasteiger partial charge in [0, 0.05) is 26.2 Å². The number of rotatable bonds is 9. The van der Waals surface area contributed by atoms with E-state index in [2.05, 4.69) is 11.8 Å². The van der Waals surface area contributed by atoms with Gasteiger partial charge in [-0.25, -0.2) is 0 Å². The molecule has 3 nitrogen and oxygen atoms in total. The number of ether oxygens (including phenoxy) is 1. The molecule has 1 aliphatic heterocycles. The summed E-state index contributed by atoms with van der Waals surface area (Å²) in [5.41, 5.74) is 5.88. The fourth-order valence-electron chi connectivity index (χ4n) is 2.91. The molecule has 0 aromatic rings. The van der Waals surface area contributed by atoms with Gasteiger partial charge in [-0.1, -0.05) is 39.0 Å². The van der Waals surface area contributed by atoms with Crippen LogP contribution in [-0.4, -0.2) is 43.8 Å². The highest BCUT2D eigenvalue weighted by Crippen LogP contribution is 2.19. The van der Waals surface area contributed by atoms with Gasteiger partial charge in [0.05, 0.1) is 6.10 Å². The van der Waals surface area contributed by atoms with E-state index in [1.165, 1.54) is 51.5 Å². The Morgan fingerprint density at radius 2 is 1.89 bits per heavy atom. The average Bonchev–Trinajstić information content (AvgIpc) is 2.42. The number of likely N-dealkylation sites (tertiary alicyclic amines) is 1. The molecule has 0 bridgehead atoms. The van der Waals surface area contributed by atoms with Crippen molar-refractivity contribution >= 4 is 0 Å². The van der Waals surface area contributed by atoms with Crippen molar-refractivity contribution < 1.29 is 4.74 Å². The van der Waals surface area contributed by atoms with Gasteiger partial charge >= 0.3 is 0 Å². The largest absolute Gasteiger partial charge is 0.381 e. The molecular weight excluding hydrogens is 224 g/mol. The van der Waals surface area contributed by atoms with Crippen molar-refractivity contribution in [2.75, 3.05) is 26.7 Å². The van der Waals surface area contributed by atoms with Crippen LogP contribution in [0.3, 0.4) is 0 Å². The van der Waals surface area contributed by atoms with Crippen LogP contribution >= 0.6 is 0 Å². The molecule has 0 spiro atoms. The third kappa shape index (κ3) is 5.68. The van der Waals surface area contributed by atoms with Crippen LogP contribution in [0, 0.1) is 0 Å². The van der Waals surface area contributed by atoms with E-state index in [9.17, 15) is 0 Å². The summed E-state index contributed by atoms with van der Waals surface area (Å²) >= 11 is 0. The highest BCUT2D eigenvalue weighted by Gasteiger charge is 2.26. The zero-order valence-corrected chi connectivity index (χ0v) is 12.4. The molecule has 2 N–H and O–H groups in total. The second-order valence-electron chi connectivity index (χ2n) is 5.58. The average molecular weight is 256 g/mol. The number of methoxy groups -OCH3 is 1. The number of nitrogens with zero attached hydrogens (tertiary/aromatic N) is 1. The number of unbranched alkanes of at least 4 members (excludes halogenated alkanes) is 5. The molecule has 1 rings (SSSR count). The number of piperidine rings is 1. The van der Waals surface area contributed by atoms with Gasteiger partial charge in [0.15, 0.2) is 0 Å². The van der Waals surface area contributed by atoms with E-state index in [-0.39, 0.29) is 0 Å². The maximum absolute atomic E-state index is 5.88. The normalized spacial score (nSPS) is 25.5. The Morgan fingerprint density at radius 3 is 2.56 bits per heavy atom. The highest BCUT2D eigenvalue weighted by atomic mass is 16.5. The van der Waals surface area contributed by atoms with Crippen LogP contribution in [0.25, 0.3) is 0 Å². The summed E-state index contributed by atoms with van der Waals surface area (Å²) in [5, 5.41) is 0. The first-order chi connectivity index (χ1) is 8.81. The summed E-state index contributed by atoms with van der Waals surface area (Å²) in [6.45, 7) is 5.43. The SMILES string of the molecule is CCCCCCCCN1CCC(OC)CC1CN. The molecule has 0 radical (unpaired) electrons. The van der Waals surface area contributed by atoms with Gasteiger partial charge in [0.25, 0.3) is 0 Å². The van der Waals surface area contributed by atoms with Gasteiger partial charge in [-0.15, -0.1) is 0 Å². The van der Waals surface area contributed by atoms with Crippen LogP contribution in [-0.2, 0) is 4.74 Å². The third-order valence-electron chi connectivity index (χ3n) is 4.19. The Kier molecular flexibility index (Phi) is 8.64. The van der Waals surface area contributed by atoms with Crippen LogP contribution in [0.5, 0.6) is 0 Å². The minimum atomic E-state index is 0.430. The Balaban J connectivity index is 2.12. The van der Waals surface area contributed by atoms with Crippen molar-refractivity contribution in [1.82, 2.24) is 4.90 Å². The molecule has 1 heterocycles. The predicted octanol–water partition coefficient (Wildman–Crippen LogP) is 2.79. The standard InChI is InChI=1S/C15H32N2O/c1-3-4-5-6-7-8-10-17-11-9-15(18-2)12-14(17)13-16/h14-15H,3-13,16H2,1-2H3. The number of hydrogen-bond acceptors (Lipinski definition) is 3. The summed E-state index contributed by atoms with van der Waals surface area (Å²) in [4.78, 5) is 2.58. The van der Waals surface area contributed by atoms with Crippen molar-refractivity contribution in [1.29, 1.82) is 0 Å². The van der Waals surface area contributed by atoms with E-state index < -0.39 is 0 Å². The molecule has 0 saturated carbocycles. The third-order valence-corrected chi connectivity index (χ3v) is 4.19. The van der Waals surface area contributed by atoms with E-state index >= 15 is 0 Å². The lowest BCUT2D eigenvalue weighted by Gasteiger charge is -2.38. The summed E-state index contributed by atoms with van der Waals surface area (Å²) in [7, 11) is 1.82. The molecule has 1 aliphatic rings. The summed E-state index contributed by atoms with van der Waals surface area (Å²) in [6.07, 6.45) is 11.0. The molecule has 0 aromatic carbocycles. The van der Waals surface area contributed by atoms with Gasteiger partial charge in [0.2, 0.25) is 0 Å². The smallest absolute Gasteiger partial charge is 0.0599 e. The lowest BCUT2D eigenvalue weighted by atomic mass is 9.98. The first-order valence-electron chi connectivity index (χ1n) is 7.78. The maximum Gasteiger partial charge on any atom is 0.0599 e. The van der Waals surface area contributed by atoms with Crippen LogP contribution in [0.1, 0.15) is 58.3 Å². The molecule has 108 valence electrons. The Labute approximate surface area is 113 Å². The number of nitrogens with two attached hydrogens (primary N) is 1. The van der Waals surface area contributed by atoms with Gasteiger partial charge in [-0.3, -0.25) is 4.90 Å². The molecule has 1 saturated heterocycles. The van der Waals surface area contributed by atoms with Crippen LogP contribution < -0.4 is 5.73 Å². The molecule has 2 unspecified atom stereocenters. The summed E-state index contributed by atoms with van der Waals surface area (Å²) < 4.78 is 5.46. The van der Waals surface area contributed by atoms with Gasteiger partial charge < -0.3 is 10.5 Å². The Hall–Kier alpha value is -0.120. The maximum atomic E-state index is 5.88. The van der Waals surface area contributed by atoms with Crippen molar-refractivity contribution in [3.8, 4) is 0 Å². The van der Waals surface area contributed by atoms with Crippen LogP contribution in [0.4, 0.5) is 0 Å². The monoisotopic (exact) mass is 256 g/mol. The lowest BCUT2D eigenvalue weighted by Crippen LogP contribution is -2.48. The van der Waals surface area contributed by atoms with Crippen molar-refractivity contribution in [3.05, 3.63) is 0 Å². The minimum absolute atomic E-state index is 0.430. The molecule has 2 atom stereocenters. The van der Waals surface area contributed by atoms with E-state index in [0.717, 1.165) is 19.5 Å². The van der Waals surface area contributed by atoms with E-state index in [1.54, 1.807) is 0 Å². The Morgan fingerprint density at radius 1 is 1.17 bits per heavy atom. The molecule has 0 amide bonds. The molecular formula is C15H32N2O. The number of hydrogen-bond donors (Lipinski definition) is 1. The Bertz CT molecular complexity index is 199. The fraction of sp³-hybridized carbons (Fsp3) is 1.00. The molecule has 18 heavy (non-hydrogen) atoms. The summed E-state index contributed by atoms with van der Waals surface area (Å²) in [5.74, 6) is 0. The van der Waals surface area contributed by atoms with Crippen LogP contribution in [0.2, 0.25) is 0 Å².